The summed E-state index contributed by atoms with van der Waals surface area (Å²) >= 11 is 0. The van der Waals surface area contributed by atoms with Crippen LogP contribution in [0, 0.1) is 0 Å². The van der Waals surface area contributed by atoms with E-state index >= 15 is 0 Å². The first kappa shape index (κ1) is 19.7. The molecule has 0 radical (unpaired) electrons. The zero-order valence-corrected chi connectivity index (χ0v) is 15.9. The Labute approximate surface area is 155 Å². The number of unbranched alkanes of at least 4 members (excludes halogenated alkanes) is 1. The second-order valence-electron chi connectivity index (χ2n) is 6.39. The number of carbonyl (C=O) groups is 2. The van der Waals surface area contributed by atoms with Gasteiger partial charge in [-0.1, -0.05) is 12.1 Å². The van der Waals surface area contributed by atoms with Gasteiger partial charge in [-0.05, 0) is 74.9 Å². The number of benzene rings is 2. The van der Waals surface area contributed by atoms with Crippen molar-refractivity contribution in [3.8, 4) is 11.5 Å². The molecule has 0 aliphatic carbocycles. The molecule has 2 rings (SSSR count). The summed E-state index contributed by atoms with van der Waals surface area (Å²) < 4.78 is 10.5. The number of ketones is 2. The molecular weight excluding hydrogens is 328 g/mol. The predicted octanol–water partition coefficient (Wildman–Crippen LogP) is 4.67. The number of hydrogen-bond acceptors (Lipinski definition) is 4. The first-order valence-electron chi connectivity index (χ1n) is 8.82. The highest BCUT2D eigenvalue weighted by molar-refractivity contribution is 5.97. The first-order chi connectivity index (χ1) is 12.5. The molecule has 0 saturated carbocycles. The normalized spacial score (nSPS) is 10.5. The summed E-state index contributed by atoms with van der Waals surface area (Å²) in [4.78, 5) is 23.4. The van der Waals surface area contributed by atoms with Crippen LogP contribution in [-0.4, -0.2) is 25.8 Å². The number of hydrogen-bond donors (Lipinski definition) is 0. The smallest absolute Gasteiger partial charge is 0.163 e. The van der Waals surface area contributed by atoms with E-state index in [1.807, 2.05) is 36.4 Å². The van der Waals surface area contributed by atoms with Crippen LogP contribution in [0.1, 0.15) is 58.5 Å². The van der Waals surface area contributed by atoms with Gasteiger partial charge >= 0.3 is 0 Å². The van der Waals surface area contributed by atoms with Gasteiger partial charge in [-0.3, -0.25) is 9.59 Å². The van der Waals surface area contributed by atoms with Crippen molar-refractivity contribution < 1.29 is 19.1 Å². The molecule has 0 aliphatic heterocycles. The minimum absolute atomic E-state index is 0.0127. The lowest BCUT2D eigenvalue weighted by Gasteiger charge is -2.10. The molecule has 0 atom stereocenters. The van der Waals surface area contributed by atoms with Gasteiger partial charge in [0.25, 0.3) is 0 Å². The summed E-state index contributed by atoms with van der Waals surface area (Å²) in [5.41, 5.74) is 3.53. The highest BCUT2D eigenvalue weighted by Gasteiger charge is 2.10. The van der Waals surface area contributed by atoms with Crippen molar-refractivity contribution in [1.82, 2.24) is 0 Å². The third-order valence-corrected chi connectivity index (χ3v) is 4.47. The molecule has 0 saturated heterocycles. The number of Topliss-reactive ketones (excluding diaryl/α,β-unsaturated/α-hetero) is 2. The molecule has 0 amide bonds. The van der Waals surface area contributed by atoms with Gasteiger partial charge < -0.3 is 9.47 Å². The van der Waals surface area contributed by atoms with Crippen molar-refractivity contribution in [3.05, 3.63) is 58.7 Å². The highest BCUT2D eigenvalue weighted by Crippen LogP contribution is 2.23. The summed E-state index contributed by atoms with van der Waals surface area (Å²) in [5.74, 6) is 1.27. The van der Waals surface area contributed by atoms with Crippen molar-refractivity contribution in [1.29, 1.82) is 0 Å². The van der Waals surface area contributed by atoms with Gasteiger partial charge in [0.1, 0.15) is 11.5 Å². The monoisotopic (exact) mass is 354 g/mol. The lowest BCUT2D eigenvalue weighted by Crippen LogP contribution is -2.00. The average molecular weight is 354 g/mol. The second kappa shape index (κ2) is 9.18. The Bertz CT molecular complexity index is 725. The van der Waals surface area contributed by atoms with Gasteiger partial charge in [-0.15, -0.1) is 0 Å². The quantitative estimate of drug-likeness (QED) is 0.485. The molecule has 0 bridgehead atoms. The van der Waals surface area contributed by atoms with Crippen LogP contribution >= 0.6 is 0 Å². The minimum Gasteiger partial charge on any atom is -0.496 e. The predicted molar refractivity (Wildman–Crippen MR) is 103 cm³/mol. The van der Waals surface area contributed by atoms with Crippen molar-refractivity contribution in [2.24, 2.45) is 0 Å². The molecule has 0 fully saturated rings. The minimum atomic E-state index is 0.0127. The van der Waals surface area contributed by atoms with E-state index in [0.29, 0.717) is 22.6 Å². The number of methoxy groups -OCH3 is 2. The van der Waals surface area contributed by atoms with Gasteiger partial charge in [0.2, 0.25) is 0 Å². The van der Waals surface area contributed by atoms with Crippen molar-refractivity contribution in [2.45, 2.75) is 39.5 Å². The maximum absolute atomic E-state index is 11.7. The molecule has 4 nitrogen and oxygen atoms in total. The lowest BCUT2D eigenvalue weighted by molar-refractivity contribution is 0.100. The largest absolute Gasteiger partial charge is 0.496 e. The number of rotatable bonds is 9. The SMILES string of the molecule is COc1ccc(CCCCc2ccc(OC)c(C(C)=O)c2)cc1C(C)=O. The van der Waals surface area contributed by atoms with E-state index < -0.39 is 0 Å². The Morgan fingerprint density at radius 3 is 1.42 bits per heavy atom. The third-order valence-electron chi connectivity index (χ3n) is 4.47. The second-order valence-corrected chi connectivity index (χ2v) is 6.39. The standard InChI is InChI=1S/C22H26O4/c1-15(23)19-13-17(9-11-21(19)25-3)7-5-6-8-18-10-12-22(26-4)20(14-18)16(2)24/h9-14H,5-8H2,1-4H3. The average Bonchev–Trinajstić information content (AvgIpc) is 2.64. The van der Waals surface area contributed by atoms with E-state index in [9.17, 15) is 9.59 Å². The Morgan fingerprint density at radius 1 is 0.731 bits per heavy atom. The maximum Gasteiger partial charge on any atom is 0.163 e. The topological polar surface area (TPSA) is 52.6 Å². The Kier molecular flexibility index (Phi) is 6.96. The molecule has 26 heavy (non-hydrogen) atoms. The number of aryl methyl sites for hydroxylation is 2. The van der Waals surface area contributed by atoms with Crippen LogP contribution in [0.2, 0.25) is 0 Å². The van der Waals surface area contributed by atoms with Crippen LogP contribution in [0.3, 0.4) is 0 Å². The van der Waals surface area contributed by atoms with E-state index in [2.05, 4.69) is 0 Å². The zero-order chi connectivity index (χ0) is 19.1. The summed E-state index contributed by atoms with van der Waals surface area (Å²) in [7, 11) is 3.15. The van der Waals surface area contributed by atoms with Gasteiger partial charge in [0.15, 0.2) is 11.6 Å². The van der Waals surface area contributed by atoms with Crippen LogP contribution in [-0.2, 0) is 12.8 Å². The summed E-state index contributed by atoms with van der Waals surface area (Å²) in [6.07, 6.45) is 3.82. The molecule has 0 aromatic heterocycles. The molecule has 2 aromatic rings. The molecular formula is C22H26O4. The van der Waals surface area contributed by atoms with Gasteiger partial charge in [-0.25, -0.2) is 0 Å². The van der Waals surface area contributed by atoms with Crippen molar-refractivity contribution in [2.75, 3.05) is 14.2 Å². The fourth-order valence-electron chi connectivity index (χ4n) is 3.03. The third kappa shape index (κ3) is 4.94. The lowest BCUT2D eigenvalue weighted by atomic mass is 9.99. The molecule has 4 heteroatoms. The summed E-state index contributed by atoms with van der Waals surface area (Å²) in [6.45, 7) is 3.11. The van der Waals surface area contributed by atoms with Crippen LogP contribution < -0.4 is 9.47 Å². The molecule has 2 aromatic carbocycles. The van der Waals surface area contributed by atoms with Crippen molar-refractivity contribution >= 4 is 11.6 Å². The van der Waals surface area contributed by atoms with Crippen LogP contribution in [0.25, 0.3) is 0 Å². The number of carbonyl (C=O) groups excluding carboxylic acids is 2. The summed E-state index contributed by atoms with van der Waals surface area (Å²) in [6, 6.07) is 11.6. The van der Waals surface area contributed by atoms with E-state index in [4.69, 9.17) is 9.47 Å². The summed E-state index contributed by atoms with van der Waals surface area (Å²) in [5, 5.41) is 0. The van der Waals surface area contributed by atoms with E-state index in [1.165, 1.54) is 0 Å². The van der Waals surface area contributed by atoms with E-state index in [1.54, 1.807) is 28.1 Å². The van der Waals surface area contributed by atoms with Crippen molar-refractivity contribution in [3.63, 3.8) is 0 Å². The van der Waals surface area contributed by atoms with Gasteiger partial charge in [-0.2, -0.15) is 0 Å². The van der Waals surface area contributed by atoms with E-state index in [-0.39, 0.29) is 11.6 Å². The fourth-order valence-corrected chi connectivity index (χ4v) is 3.03. The maximum atomic E-state index is 11.7. The zero-order valence-electron chi connectivity index (χ0n) is 15.9. The molecule has 0 heterocycles. The van der Waals surface area contributed by atoms with Gasteiger partial charge in [0.05, 0.1) is 25.3 Å². The van der Waals surface area contributed by atoms with Crippen LogP contribution in [0.5, 0.6) is 11.5 Å². The Morgan fingerprint density at radius 2 is 1.12 bits per heavy atom. The highest BCUT2D eigenvalue weighted by atomic mass is 16.5. The Hall–Kier alpha value is -2.62. The molecule has 0 aliphatic rings. The van der Waals surface area contributed by atoms with Crippen LogP contribution in [0.15, 0.2) is 36.4 Å². The van der Waals surface area contributed by atoms with E-state index in [0.717, 1.165) is 36.8 Å². The number of ether oxygens (including phenoxy) is 2. The fraction of sp³-hybridized carbons (Fsp3) is 0.364. The molecule has 0 unspecified atom stereocenters. The molecule has 0 spiro atoms. The molecule has 0 N–H and O–H groups in total. The Balaban J connectivity index is 1.95. The first-order valence-corrected chi connectivity index (χ1v) is 8.82. The molecule has 138 valence electrons. The van der Waals surface area contributed by atoms with Gasteiger partial charge in [0, 0.05) is 0 Å². The van der Waals surface area contributed by atoms with Crippen LogP contribution in [0.4, 0.5) is 0 Å².